The third-order valence-corrected chi connectivity index (χ3v) is 11.7. The number of hydrogen-bond donors (Lipinski definition) is 0. The Bertz CT molecular complexity index is 2770. The van der Waals surface area contributed by atoms with E-state index in [0.29, 0.717) is 0 Å². The Hall–Kier alpha value is -7.09. The van der Waals surface area contributed by atoms with Gasteiger partial charge in [0, 0.05) is 11.1 Å². The fourth-order valence-corrected chi connectivity index (χ4v) is 9.20. The molecule has 1 heteroatoms. The number of pyridine rings is 1. The van der Waals surface area contributed by atoms with Gasteiger partial charge in [0.05, 0.1) is 16.8 Å². The molecule has 0 bridgehead atoms. The Kier molecular flexibility index (Phi) is 7.15. The van der Waals surface area contributed by atoms with Crippen molar-refractivity contribution < 1.29 is 0 Å². The Morgan fingerprint density at radius 1 is 0.236 bits per heavy atom. The SMILES string of the molecule is c1ccc(-c2cc(-c3ccc(-c4ccc(-c5ccc6c(c5)C5(c7ccccc7-c7ccccc75)c5ccccc5-6)cc4)cc3)cc(-c3ccccc3)n2)cc1. The fraction of sp³-hybridized carbons (Fsp3) is 0.0185. The van der Waals surface area contributed by atoms with Gasteiger partial charge in [0.2, 0.25) is 0 Å². The fourth-order valence-electron chi connectivity index (χ4n) is 9.20. The molecule has 1 nitrogen and oxygen atoms in total. The van der Waals surface area contributed by atoms with E-state index in [1.54, 1.807) is 0 Å². The first-order chi connectivity index (χ1) is 27.3. The topological polar surface area (TPSA) is 12.9 Å². The van der Waals surface area contributed by atoms with Crippen LogP contribution in [0, 0.1) is 0 Å². The third-order valence-electron chi connectivity index (χ3n) is 11.7. The van der Waals surface area contributed by atoms with E-state index in [0.717, 1.165) is 28.1 Å². The zero-order chi connectivity index (χ0) is 36.3. The molecule has 0 unspecified atom stereocenters. The lowest BCUT2D eigenvalue weighted by atomic mass is 9.70. The van der Waals surface area contributed by atoms with E-state index in [4.69, 9.17) is 4.98 Å². The summed E-state index contributed by atoms with van der Waals surface area (Å²) >= 11 is 0. The van der Waals surface area contributed by atoms with E-state index >= 15 is 0 Å². The van der Waals surface area contributed by atoms with Crippen LogP contribution in [0.5, 0.6) is 0 Å². The van der Waals surface area contributed by atoms with E-state index < -0.39 is 0 Å². The van der Waals surface area contributed by atoms with Crippen LogP contribution in [0.1, 0.15) is 22.3 Å². The van der Waals surface area contributed by atoms with Crippen molar-refractivity contribution in [3.8, 4) is 78.1 Å². The van der Waals surface area contributed by atoms with Gasteiger partial charge in [-0.3, -0.25) is 0 Å². The normalized spacial score (nSPS) is 12.9. The lowest BCUT2D eigenvalue weighted by Crippen LogP contribution is -2.25. The summed E-state index contributed by atoms with van der Waals surface area (Å²) in [6.45, 7) is 0. The molecule has 2 aliphatic carbocycles. The largest absolute Gasteiger partial charge is 0.248 e. The van der Waals surface area contributed by atoms with Gasteiger partial charge in [0.25, 0.3) is 0 Å². The summed E-state index contributed by atoms with van der Waals surface area (Å²) in [7, 11) is 0. The minimum atomic E-state index is -0.338. The second-order valence-electron chi connectivity index (χ2n) is 14.7. The van der Waals surface area contributed by atoms with E-state index in [-0.39, 0.29) is 5.41 Å². The maximum Gasteiger partial charge on any atom is 0.0725 e. The van der Waals surface area contributed by atoms with Gasteiger partial charge in [0.1, 0.15) is 0 Å². The molecular weight excluding hydrogens is 663 g/mol. The maximum absolute atomic E-state index is 5.07. The van der Waals surface area contributed by atoms with Crippen molar-refractivity contribution in [1.82, 2.24) is 4.98 Å². The summed E-state index contributed by atoms with van der Waals surface area (Å²) in [5, 5.41) is 0. The van der Waals surface area contributed by atoms with Gasteiger partial charge in [-0.1, -0.05) is 194 Å². The number of hydrogen-bond acceptors (Lipinski definition) is 1. The Balaban J connectivity index is 0.947. The molecule has 0 atom stereocenters. The minimum Gasteiger partial charge on any atom is -0.248 e. The molecular formula is C54H35N. The second kappa shape index (κ2) is 12.5. The maximum atomic E-state index is 5.07. The van der Waals surface area contributed by atoms with E-state index in [2.05, 4.69) is 200 Å². The molecule has 1 aromatic heterocycles. The predicted molar refractivity (Wildman–Crippen MR) is 228 cm³/mol. The van der Waals surface area contributed by atoms with Gasteiger partial charge >= 0.3 is 0 Å². The Morgan fingerprint density at radius 2 is 0.582 bits per heavy atom. The molecule has 0 N–H and O–H groups in total. The molecule has 1 heterocycles. The molecule has 0 amide bonds. The first-order valence-electron chi connectivity index (χ1n) is 19.0. The zero-order valence-electron chi connectivity index (χ0n) is 30.2. The highest BCUT2D eigenvalue weighted by Gasteiger charge is 2.51. The summed E-state index contributed by atoms with van der Waals surface area (Å²) in [4.78, 5) is 5.07. The quantitative estimate of drug-likeness (QED) is 0.174. The molecule has 2 aliphatic rings. The van der Waals surface area contributed by atoms with Crippen molar-refractivity contribution in [2.75, 3.05) is 0 Å². The minimum absolute atomic E-state index is 0.338. The summed E-state index contributed by atoms with van der Waals surface area (Å²) in [6.07, 6.45) is 0. The van der Waals surface area contributed by atoms with Crippen molar-refractivity contribution in [3.63, 3.8) is 0 Å². The first kappa shape index (κ1) is 31.4. The van der Waals surface area contributed by atoms with Crippen LogP contribution in [0.2, 0.25) is 0 Å². The Labute approximate surface area is 321 Å². The number of benzene rings is 8. The molecule has 256 valence electrons. The van der Waals surface area contributed by atoms with Gasteiger partial charge in [-0.25, -0.2) is 4.98 Å². The molecule has 0 aliphatic heterocycles. The molecule has 1 spiro atoms. The highest BCUT2D eigenvalue weighted by Crippen LogP contribution is 2.63. The van der Waals surface area contributed by atoms with E-state index in [1.165, 1.54) is 72.3 Å². The molecule has 55 heavy (non-hydrogen) atoms. The van der Waals surface area contributed by atoms with Crippen LogP contribution in [0.25, 0.3) is 78.1 Å². The van der Waals surface area contributed by atoms with Gasteiger partial charge in [-0.05, 0) is 96.1 Å². The highest BCUT2D eigenvalue weighted by atomic mass is 14.7. The molecule has 8 aromatic carbocycles. The third kappa shape index (κ3) is 4.90. The highest BCUT2D eigenvalue weighted by molar-refractivity contribution is 5.96. The Morgan fingerprint density at radius 3 is 1.04 bits per heavy atom. The average Bonchev–Trinajstić information content (AvgIpc) is 3.74. The summed E-state index contributed by atoms with van der Waals surface area (Å²) in [5.74, 6) is 0. The number of rotatable bonds is 5. The summed E-state index contributed by atoms with van der Waals surface area (Å²) < 4.78 is 0. The molecule has 0 saturated carbocycles. The summed E-state index contributed by atoms with van der Waals surface area (Å²) in [6, 6.07) is 77.4. The smallest absolute Gasteiger partial charge is 0.0725 e. The van der Waals surface area contributed by atoms with Crippen LogP contribution >= 0.6 is 0 Å². The van der Waals surface area contributed by atoms with Crippen LogP contribution in [-0.2, 0) is 5.41 Å². The molecule has 11 rings (SSSR count). The first-order valence-corrected chi connectivity index (χ1v) is 19.0. The van der Waals surface area contributed by atoms with Gasteiger partial charge in [-0.15, -0.1) is 0 Å². The van der Waals surface area contributed by atoms with E-state index in [1.807, 2.05) is 12.1 Å². The molecule has 0 fully saturated rings. The lowest BCUT2D eigenvalue weighted by Gasteiger charge is -2.30. The number of fused-ring (bicyclic) bond motifs is 10. The zero-order valence-corrected chi connectivity index (χ0v) is 30.2. The van der Waals surface area contributed by atoms with Gasteiger partial charge in [-0.2, -0.15) is 0 Å². The van der Waals surface area contributed by atoms with Gasteiger partial charge in [0.15, 0.2) is 0 Å². The van der Waals surface area contributed by atoms with Crippen molar-refractivity contribution >= 4 is 0 Å². The molecule has 0 saturated heterocycles. The van der Waals surface area contributed by atoms with Crippen LogP contribution in [0.15, 0.2) is 212 Å². The van der Waals surface area contributed by atoms with Gasteiger partial charge < -0.3 is 0 Å². The predicted octanol–water partition coefficient (Wildman–Crippen LogP) is 13.8. The van der Waals surface area contributed by atoms with Crippen molar-refractivity contribution in [2.45, 2.75) is 5.41 Å². The molecule has 0 radical (unpaired) electrons. The van der Waals surface area contributed by atoms with Crippen LogP contribution < -0.4 is 0 Å². The van der Waals surface area contributed by atoms with E-state index in [9.17, 15) is 0 Å². The van der Waals surface area contributed by atoms with Crippen LogP contribution in [0.3, 0.4) is 0 Å². The average molecular weight is 698 g/mol. The van der Waals surface area contributed by atoms with Crippen molar-refractivity contribution in [2.24, 2.45) is 0 Å². The van der Waals surface area contributed by atoms with Crippen molar-refractivity contribution in [3.05, 3.63) is 235 Å². The number of aromatic nitrogens is 1. The standard InChI is InChI=1S/C54H35N/c1-3-13-40(14-4-1)52-34-43(35-53(55-52)41-15-5-2-6-16-41)39-29-25-37(26-30-39)36-23-27-38(28-24-36)42-31-32-47-46-19-9-12-22-50(46)54(51(47)33-42)48-20-10-7-17-44(48)45-18-8-11-21-49(45)54/h1-35H. The lowest BCUT2D eigenvalue weighted by molar-refractivity contribution is 0.794. The van der Waals surface area contributed by atoms with Crippen molar-refractivity contribution in [1.29, 1.82) is 0 Å². The second-order valence-corrected chi connectivity index (χ2v) is 14.7. The summed E-state index contributed by atoms with van der Waals surface area (Å²) in [5.41, 5.74) is 21.8. The monoisotopic (exact) mass is 697 g/mol. The van der Waals surface area contributed by atoms with Crippen LogP contribution in [-0.4, -0.2) is 4.98 Å². The number of nitrogens with zero attached hydrogens (tertiary/aromatic N) is 1. The molecule has 9 aromatic rings. The van der Waals surface area contributed by atoms with Crippen LogP contribution in [0.4, 0.5) is 0 Å².